The molecular formula is C22H24N6O. The zero-order chi connectivity index (χ0) is 20.0. The minimum atomic E-state index is -0.907. The van der Waals surface area contributed by atoms with Gasteiger partial charge < -0.3 is 20.2 Å². The van der Waals surface area contributed by atoms with Crippen molar-refractivity contribution < 1.29 is 5.11 Å². The third kappa shape index (κ3) is 3.27. The predicted octanol–water partition coefficient (Wildman–Crippen LogP) is 2.94. The van der Waals surface area contributed by atoms with E-state index in [0.29, 0.717) is 5.82 Å². The van der Waals surface area contributed by atoms with E-state index in [0.717, 1.165) is 53.5 Å². The Kier molecular flexibility index (Phi) is 4.32. The van der Waals surface area contributed by atoms with Crippen LogP contribution in [0.2, 0.25) is 0 Å². The van der Waals surface area contributed by atoms with Gasteiger partial charge in [-0.2, -0.15) is 0 Å². The van der Waals surface area contributed by atoms with Crippen molar-refractivity contribution >= 4 is 17.3 Å². The van der Waals surface area contributed by atoms with Crippen molar-refractivity contribution in [3.63, 3.8) is 0 Å². The van der Waals surface area contributed by atoms with Crippen molar-refractivity contribution in [3.8, 4) is 11.3 Å². The molecule has 29 heavy (non-hydrogen) atoms. The molecule has 0 amide bonds. The van der Waals surface area contributed by atoms with Crippen molar-refractivity contribution in [2.75, 3.05) is 28.2 Å². The van der Waals surface area contributed by atoms with Crippen LogP contribution in [0.25, 0.3) is 11.3 Å². The van der Waals surface area contributed by atoms with Crippen LogP contribution < -0.4 is 15.1 Å². The highest BCUT2D eigenvalue weighted by molar-refractivity contribution is 5.76. The molecule has 0 saturated carbocycles. The highest BCUT2D eigenvalue weighted by Gasteiger charge is 2.40. The van der Waals surface area contributed by atoms with Crippen LogP contribution in [0.5, 0.6) is 0 Å². The van der Waals surface area contributed by atoms with Gasteiger partial charge in [-0.3, -0.25) is 4.98 Å². The van der Waals surface area contributed by atoms with Crippen molar-refractivity contribution in [1.29, 1.82) is 0 Å². The fourth-order valence-electron chi connectivity index (χ4n) is 4.24. The Morgan fingerprint density at radius 3 is 2.79 bits per heavy atom. The Labute approximate surface area is 170 Å². The van der Waals surface area contributed by atoms with Gasteiger partial charge in [0.25, 0.3) is 0 Å². The molecule has 0 aromatic carbocycles. The Bertz CT molecular complexity index is 1050. The summed E-state index contributed by atoms with van der Waals surface area (Å²) < 4.78 is 0. The molecule has 0 aliphatic carbocycles. The van der Waals surface area contributed by atoms with Crippen molar-refractivity contribution in [3.05, 3.63) is 60.0 Å². The summed E-state index contributed by atoms with van der Waals surface area (Å²) in [4.78, 5) is 17.9. The lowest BCUT2D eigenvalue weighted by Gasteiger charge is -2.40. The van der Waals surface area contributed by atoms with Crippen molar-refractivity contribution in [2.45, 2.75) is 32.7 Å². The summed E-state index contributed by atoms with van der Waals surface area (Å²) in [5.41, 5.74) is 5.01. The highest BCUT2D eigenvalue weighted by atomic mass is 16.3. The molecular weight excluding hydrogens is 364 g/mol. The first-order valence-electron chi connectivity index (χ1n) is 9.93. The summed E-state index contributed by atoms with van der Waals surface area (Å²) in [5, 5.41) is 14.2. The number of anilines is 3. The molecule has 7 heteroatoms. The van der Waals surface area contributed by atoms with E-state index >= 15 is 0 Å². The number of fused-ring (bicyclic) bond motifs is 4. The van der Waals surface area contributed by atoms with E-state index in [1.807, 2.05) is 49.1 Å². The lowest BCUT2D eigenvalue weighted by molar-refractivity contribution is 0.184. The van der Waals surface area contributed by atoms with Crippen LogP contribution in [0.4, 0.5) is 17.3 Å². The fourth-order valence-corrected chi connectivity index (χ4v) is 4.24. The number of pyridine rings is 3. The van der Waals surface area contributed by atoms with Crippen LogP contribution in [0, 0.1) is 13.8 Å². The van der Waals surface area contributed by atoms with Crippen LogP contribution >= 0.6 is 0 Å². The van der Waals surface area contributed by atoms with Gasteiger partial charge in [0, 0.05) is 36.7 Å². The number of hydrogen-bond acceptors (Lipinski definition) is 7. The average molecular weight is 388 g/mol. The Balaban J connectivity index is 1.53. The second-order valence-electron chi connectivity index (χ2n) is 7.76. The van der Waals surface area contributed by atoms with Crippen LogP contribution in [-0.2, 0) is 0 Å². The molecule has 1 fully saturated rings. The van der Waals surface area contributed by atoms with Crippen LogP contribution in [0.3, 0.4) is 0 Å². The van der Waals surface area contributed by atoms with E-state index in [1.165, 1.54) is 0 Å². The summed E-state index contributed by atoms with van der Waals surface area (Å²) in [6, 6.07) is 12.2. The summed E-state index contributed by atoms with van der Waals surface area (Å²) in [6.07, 6.45) is 3.63. The predicted molar refractivity (Wildman–Crippen MR) is 114 cm³/mol. The topological polar surface area (TPSA) is 77.4 Å². The van der Waals surface area contributed by atoms with Crippen LogP contribution in [0.1, 0.15) is 17.7 Å². The molecule has 2 bridgehead atoms. The first-order valence-corrected chi connectivity index (χ1v) is 9.93. The lowest BCUT2D eigenvalue weighted by Crippen LogP contribution is -2.51. The van der Waals surface area contributed by atoms with Crippen LogP contribution in [0.15, 0.2) is 48.8 Å². The molecule has 148 valence electrons. The minimum absolute atomic E-state index is 0.205. The Hall–Kier alpha value is -3.19. The number of aryl methyl sites for hydroxylation is 2. The van der Waals surface area contributed by atoms with Gasteiger partial charge in [0.2, 0.25) is 6.35 Å². The summed E-state index contributed by atoms with van der Waals surface area (Å²) in [7, 11) is 0. The van der Waals surface area contributed by atoms with Crippen LogP contribution in [-0.4, -0.2) is 45.5 Å². The first kappa shape index (κ1) is 17.9. The maximum atomic E-state index is 11.1. The molecule has 1 unspecified atom stereocenters. The molecule has 2 aliphatic rings. The summed E-state index contributed by atoms with van der Waals surface area (Å²) >= 11 is 0. The molecule has 2 aliphatic heterocycles. The molecule has 5 rings (SSSR count). The number of rotatable bonds is 4. The Morgan fingerprint density at radius 2 is 1.97 bits per heavy atom. The second kappa shape index (κ2) is 7.00. The largest absolute Gasteiger partial charge is 0.366 e. The third-order valence-electron chi connectivity index (χ3n) is 5.64. The van der Waals surface area contributed by atoms with Gasteiger partial charge in [0.15, 0.2) is 5.82 Å². The molecule has 7 nitrogen and oxygen atoms in total. The standard InChI is InChI=1S/C22H24N6O/c1-14-5-8-24-20(11-14)26-22(29)28-17-7-10-27(13-17)19-4-3-18(25-21(19)28)16-6-9-23-15(2)12-16/h3-6,8-9,11-12,17,22,29H,7,10,13H2,1-2H3,(H,24,26)/t17-,22?/m0/s1. The molecule has 2 N–H and O–H groups in total. The molecule has 0 spiro atoms. The van der Waals surface area contributed by atoms with Gasteiger partial charge in [-0.15, -0.1) is 0 Å². The van der Waals surface area contributed by atoms with Gasteiger partial charge in [0.05, 0.1) is 17.4 Å². The number of hydrogen-bond donors (Lipinski definition) is 2. The molecule has 1 saturated heterocycles. The second-order valence-corrected chi connectivity index (χ2v) is 7.76. The number of nitrogens with zero attached hydrogens (tertiary/aromatic N) is 5. The van der Waals surface area contributed by atoms with Gasteiger partial charge in [0.1, 0.15) is 5.82 Å². The van der Waals surface area contributed by atoms with Gasteiger partial charge in [-0.1, -0.05) is 0 Å². The summed E-state index contributed by atoms with van der Waals surface area (Å²) in [6.45, 7) is 5.85. The smallest absolute Gasteiger partial charge is 0.208 e. The summed E-state index contributed by atoms with van der Waals surface area (Å²) in [5.74, 6) is 1.46. The maximum Gasteiger partial charge on any atom is 0.208 e. The molecule has 2 atom stereocenters. The number of aliphatic hydroxyl groups is 1. The van der Waals surface area contributed by atoms with Gasteiger partial charge in [-0.25, -0.2) is 9.97 Å². The molecule has 3 aromatic heterocycles. The van der Waals surface area contributed by atoms with Gasteiger partial charge in [-0.05, 0) is 62.2 Å². The lowest BCUT2D eigenvalue weighted by atomic mass is 10.1. The molecule has 5 heterocycles. The third-order valence-corrected chi connectivity index (χ3v) is 5.64. The van der Waals surface area contributed by atoms with E-state index in [1.54, 1.807) is 12.4 Å². The van der Waals surface area contributed by atoms with Crippen molar-refractivity contribution in [1.82, 2.24) is 15.0 Å². The highest BCUT2D eigenvalue weighted by Crippen LogP contribution is 2.40. The van der Waals surface area contributed by atoms with E-state index in [2.05, 4.69) is 26.3 Å². The fraction of sp³-hybridized carbons (Fsp3) is 0.318. The zero-order valence-corrected chi connectivity index (χ0v) is 16.6. The Morgan fingerprint density at radius 1 is 1.10 bits per heavy atom. The zero-order valence-electron chi connectivity index (χ0n) is 16.6. The van der Waals surface area contributed by atoms with E-state index < -0.39 is 6.35 Å². The van der Waals surface area contributed by atoms with E-state index in [9.17, 15) is 5.11 Å². The normalized spacial score (nSPS) is 18.5. The van der Waals surface area contributed by atoms with E-state index in [4.69, 9.17) is 4.98 Å². The van der Waals surface area contributed by atoms with Crippen molar-refractivity contribution in [2.24, 2.45) is 0 Å². The monoisotopic (exact) mass is 388 g/mol. The number of aromatic nitrogens is 3. The minimum Gasteiger partial charge on any atom is -0.366 e. The molecule has 0 radical (unpaired) electrons. The first-order chi connectivity index (χ1) is 14.1. The quantitative estimate of drug-likeness (QED) is 0.666. The average Bonchev–Trinajstić information content (AvgIpc) is 3.12. The maximum absolute atomic E-state index is 11.1. The number of aliphatic hydroxyl groups excluding tert-OH is 1. The SMILES string of the molecule is Cc1ccnc(NC(O)N2c3nc(-c4ccnc(C)c4)ccc3N3CC[C@H]2C3)c1. The van der Waals surface area contributed by atoms with Gasteiger partial charge >= 0.3 is 0 Å². The van der Waals surface area contributed by atoms with E-state index in [-0.39, 0.29) is 6.04 Å². The number of nitrogens with one attached hydrogen (secondary N) is 1. The molecule has 3 aromatic rings.